The predicted octanol–water partition coefficient (Wildman–Crippen LogP) is 1.43. The lowest BCUT2D eigenvalue weighted by atomic mass is 10.1. The number of aliphatic hydroxyl groups excluding tert-OH is 1. The summed E-state index contributed by atoms with van der Waals surface area (Å²) >= 11 is 0. The average Bonchev–Trinajstić information content (AvgIpc) is 2.30. The van der Waals surface area contributed by atoms with E-state index in [0.29, 0.717) is 12.2 Å². The van der Waals surface area contributed by atoms with Crippen LogP contribution in [0.5, 0.6) is 0 Å². The molecule has 1 aromatic heterocycles. The fourth-order valence-corrected chi connectivity index (χ4v) is 1.71. The van der Waals surface area contributed by atoms with Crippen LogP contribution in [0.1, 0.15) is 31.9 Å². The van der Waals surface area contributed by atoms with Gasteiger partial charge in [-0.05, 0) is 25.6 Å². The van der Waals surface area contributed by atoms with E-state index in [4.69, 9.17) is 5.73 Å². The predicted molar refractivity (Wildman–Crippen MR) is 66.0 cm³/mol. The van der Waals surface area contributed by atoms with Crippen LogP contribution in [0.4, 0.5) is 5.82 Å². The molecule has 1 atom stereocenters. The average molecular weight is 223 g/mol. The molecular weight excluding hydrogens is 202 g/mol. The largest absolute Gasteiger partial charge is 0.388 e. The zero-order valence-electron chi connectivity index (χ0n) is 10.1. The lowest BCUT2D eigenvalue weighted by Gasteiger charge is -2.20. The summed E-state index contributed by atoms with van der Waals surface area (Å²) in [6.07, 6.45) is 1.81. The topological polar surface area (TPSA) is 62.4 Å². The number of rotatable bonds is 6. The lowest BCUT2D eigenvalue weighted by molar-refractivity contribution is 0.145. The van der Waals surface area contributed by atoms with Crippen molar-refractivity contribution in [2.75, 3.05) is 25.4 Å². The molecule has 4 heteroatoms. The van der Waals surface area contributed by atoms with Gasteiger partial charge in [0.1, 0.15) is 5.82 Å². The molecule has 4 nitrogen and oxygen atoms in total. The second-order valence-corrected chi connectivity index (χ2v) is 3.81. The van der Waals surface area contributed by atoms with Gasteiger partial charge in [-0.1, -0.05) is 19.9 Å². The summed E-state index contributed by atoms with van der Waals surface area (Å²) in [6.45, 7) is 7.13. The summed E-state index contributed by atoms with van der Waals surface area (Å²) in [6, 6.07) is 3.63. The van der Waals surface area contributed by atoms with Crippen LogP contribution in [0.3, 0.4) is 0 Å². The number of aliphatic hydroxyl groups is 1. The molecule has 0 bridgehead atoms. The first-order chi connectivity index (χ1) is 7.69. The number of hydrogen-bond donors (Lipinski definition) is 2. The van der Waals surface area contributed by atoms with Crippen molar-refractivity contribution in [1.82, 2.24) is 9.88 Å². The van der Waals surface area contributed by atoms with E-state index in [1.807, 2.05) is 6.07 Å². The Hall–Kier alpha value is -1.13. The highest BCUT2D eigenvalue weighted by atomic mass is 16.3. The van der Waals surface area contributed by atoms with Crippen LogP contribution in [-0.4, -0.2) is 34.6 Å². The van der Waals surface area contributed by atoms with Crippen LogP contribution in [0.2, 0.25) is 0 Å². The van der Waals surface area contributed by atoms with Gasteiger partial charge in [0, 0.05) is 18.3 Å². The molecule has 1 heterocycles. The second kappa shape index (κ2) is 6.45. The van der Waals surface area contributed by atoms with E-state index in [-0.39, 0.29) is 0 Å². The van der Waals surface area contributed by atoms with Crippen LogP contribution in [0.15, 0.2) is 18.3 Å². The molecule has 0 fully saturated rings. The van der Waals surface area contributed by atoms with Crippen molar-refractivity contribution in [3.8, 4) is 0 Å². The van der Waals surface area contributed by atoms with Crippen LogP contribution in [-0.2, 0) is 0 Å². The molecule has 0 spiro atoms. The number of pyridine rings is 1. The fourth-order valence-electron chi connectivity index (χ4n) is 1.71. The zero-order valence-corrected chi connectivity index (χ0v) is 10.1. The minimum absolute atomic E-state index is 0.426. The summed E-state index contributed by atoms with van der Waals surface area (Å²) in [5.41, 5.74) is 6.44. The number of hydrogen-bond acceptors (Lipinski definition) is 4. The maximum Gasteiger partial charge on any atom is 0.129 e. The third-order valence-electron chi connectivity index (χ3n) is 2.84. The maximum absolute atomic E-state index is 9.99. The van der Waals surface area contributed by atoms with Crippen molar-refractivity contribution in [3.63, 3.8) is 0 Å². The van der Waals surface area contributed by atoms with Crippen molar-refractivity contribution in [1.29, 1.82) is 0 Å². The minimum Gasteiger partial charge on any atom is -0.388 e. The Labute approximate surface area is 97.1 Å². The summed E-state index contributed by atoms with van der Waals surface area (Å²) < 4.78 is 0. The number of nitrogen functional groups attached to an aromatic ring is 1. The molecule has 0 saturated carbocycles. The Kier molecular flexibility index (Phi) is 5.22. The Morgan fingerprint density at radius 2 is 2.12 bits per heavy atom. The standard InChI is InChI=1S/C12H21N3O/c1-3-15(4-2)9-7-11(16)10-6-5-8-14-12(10)13/h5-6,8,11,16H,3-4,7,9H2,1-2H3,(H2,13,14). The van der Waals surface area contributed by atoms with E-state index in [0.717, 1.165) is 25.2 Å². The number of anilines is 1. The molecule has 0 radical (unpaired) electrons. The third kappa shape index (κ3) is 3.47. The Bertz CT molecular complexity index is 313. The highest BCUT2D eigenvalue weighted by Crippen LogP contribution is 2.20. The smallest absolute Gasteiger partial charge is 0.129 e. The van der Waals surface area contributed by atoms with Gasteiger partial charge in [0.05, 0.1) is 6.10 Å². The molecule has 16 heavy (non-hydrogen) atoms. The van der Waals surface area contributed by atoms with Crippen molar-refractivity contribution in [2.24, 2.45) is 0 Å². The van der Waals surface area contributed by atoms with E-state index >= 15 is 0 Å². The maximum atomic E-state index is 9.99. The Morgan fingerprint density at radius 3 is 2.69 bits per heavy atom. The van der Waals surface area contributed by atoms with E-state index in [1.54, 1.807) is 12.3 Å². The first-order valence-electron chi connectivity index (χ1n) is 5.79. The number of aromatic nitrogens is 1. The normalized spacial score (nSPS) is 13.0. The third-order valence-corrected chi connectivity index (χ3v) is 2.84. The second-order valence-electron chi connectivity index (χ2n) is 3.81. The first kappa shape index (κ1) is 12.9. The zero-order chi connectivity index (χ0) is 12.0. The van der Waals surface area contributed by atoms with Crippen molar-refractivity contribution in [3.05, 3.63) is 23.9 Å². The van der Waals surface area contributed by atoms with E-state index in [2.05, 4.69) is 23.7 Å². The molecule has 0 aromatic carbocycles. The molecule has 0 aliphatic rings. The summed E-state index contributed by atoms with van der Waals surface area (Å²) in [5, 5.41) is 9.99. The van der Waals surface area contributed by atoms with Gasteiger partial charge in [-0.2, -0.15) is 0 Å². The summed E-state index contributed by atoms with van der Waals surface area (Å²) in [5.74, 6) is 0.426. The van der Waals surface area contributed by atoms with E-state index in [1.165, 1.54) is 0 Å². The molecule has 3 N–H and O–H groups in total. The van der Waals surface area contributed by atoms with Gasteiger partial charge in [0.2, 0.25) is 0 Å². The Morgan fingerprint density at radius 1 is 1.44 bits per heavy atom. The van der Waals surface area contributed by atoms with Gasteiger partial charge < -0.3 is 15.7 Å². The molecule has 90 valence electrons. The molecule has 1 unspecified atom stereocenters. The van der Waals surface area contributed by atoms with Gasteiger partial charge in [0.25, 0.3) is 0 Å². The van der Waals surface area contributed by atoms with Crippen LogP contribution < -0.4 is 5.73 Å². The van der Waals surface area contributed by atoms with E-state index < -0.39 is 6.10 Å². The van der Waals surface area contributed by atoms with E-state index in [9.17, 15) is 5.11 Å². The monoisotopic (exact) mass is 223 g/mol. The van der Waals surface area contributed by atoms with Crippen molar-refractivity contribution >= 4 is 5.82 Å². The number of nitrogens with zero attached hydrogens (tertiary/aromatic N) is 2. The molecule has 0 aliphatic carbocycles. The van der Waals surface area contributed by atoms with Crippen LogP contribution in [0, 0.1) is 0 Å². The molecular formula is C12H21N3O. The van der Waals surface area contributed by atoms with Gasteiger partial charge >= 0.3 is 0 Å². The van der Waals surface area contributed by atoms with Gasteiger partial charge in [0.15, 0.2) is 0 Å². The van der Waals surface area contributed by atoms with Crippen LogP contribution in [0.25, 0.3) is 0 Å². The fraction of sp³-hybridized carbons (Fsp3) is 0.583. The van der Waals surface area contributed by atoms with Gasteiger partial charge in [-0.25, -0.2) is 4.98 Å². The quantitative estimate of drug-likeness (QED) is 0.766. The molecule has 0 amide bonds. The van der Waals surface area contributed by atoms with Crippen molar-refractivity contribution in [2.45, 2.75) is 26.4 Å². The molecule has 0 saturated heterocycles. The van der Waals surface area contributed by atoms with Gasteiger partial charge in [-0.15, -0.1) is 0 Å². The SMILES string of the molecule is CCN(CC)CCC(O)c1cccnc1N. The highest BCUT2D eigenvalue weighted by Gasteiger charge is 2.12. The Balaban J connectivity index is 2.52. The highest BCUT2D eigenvalue weighted by molar-refractivity contribution is 5.39. The minimum atomic E-state index is -0.519. The molecule has 1 aromatic rings. The number of nitrogens with two attached hydrogens (primary N) is 1. The molecule has 0 aliphatic heterocycles. The van der Waals surface area contributed by atoms with Gasteiger partial charge in [-0.3, -0.25) is 0 Å². The lowest BCUT2D eigenvalue weighted by Crippen LogP contribution is -2.25. The van der Waals surface area contributed by atoms with Crippen molar-refractivity contribution < 1.29 is 5.11 Å². The summed E-state index contributed by atoms with van der Waals surface area (Å²) in [7, 11) is 0. The first-order valence-corrected chi connectivity index (χ1v) is 5.79. The molecule has 1 rings (SSSR count). The summed E-state index contributed by atoms with van der Waals surface area (Å²) in [4.78, 5) is 6.25. The van der Waals surface area contributed by atoms with Crippen LogP contribution >= 0.6 is 0 Å².